The fourth-order valence-corrected chi connectivity index (χ4v) is 1.65. The lowest BCUT2D eigenvalue weighted by Crippen LogP contribution is -1.95. The molecule has 0 bridgehead atoms. The molecule has 2 aromatic heterocycles. The van der Waals surface area contributed by atoms with Gasteiger partial charge in [-0.05, 0) is 12.1 Å². The van der Waals surface area contributed by atoms with E-state index < -0.39 is 0 Å². The van der Waals surface area contributed by atoms with Crippen LogP contribution < -0.4 is 5.73 Å². The highest BCUT2D eigenvalue weighted by Gasteiger charge is 2.07. The Morgan fingerprint density at radius 3 is 2.94 bits per heavy atom. The summed E-state index contributed by atoms with van der Waals surface area (Å²) in [4.78, 5) is 12.0. The first kappa shape index (κ1) is 8.96. The highest BCUT2D eigenvalue weighted by Crippen LogP contribution is 2.22. The molecule has 1 aromatic carbocycles. The normalized spacial score (nSPS) is 11.1. The highest BCUT2D eigenvalue weighted by molar-refractivity contribution is 5.95. The largest absolute Gasteiger partial charge is 0.383 e. The Hall–Kier alpha value is -2.30. The second-order valence-electron chi connectivity index (χ2n) is 3.43. The van der Waals surface area contributed by atoms with Gasteiger partial charge in [0.05, 0.1) is 5.39 Å². The van der Waals surface area contributed by atoms with Crippen LogP contribution in [0.25, 0.3) is 21.9 Å². The minimum absolute atomic E-state index is 0.299. The summed E-state index contributed by atoms with van der Waals surface area (Å²) in [6.45, 7) is 0. The quantitative estimate of drug-likeness (QED) is 0.580. The Bertz CT molecular complexity index is 634. The lowest BCUT2D eigenvalue weighted by Gasteiger charge is -2.02. The van der Waals surface area contributed by atoms with Crippen molar-refractivity contribution in [2.75, 3.05) is 5.73 Å². The van der Waals surface area contributed by atoms with Gasteiger partial charge in [-0.3, -0.25) is 0 Å². The summed E-state index contributed by atoms with van der Waals surface area (Å²) in [5.74, 6) is -0.0137. The summed E-state index contributed by atoms with van der Waals surface area (Å²) in [6.07, 6.45) is 1.32. The average molecular weight is 214 g/mol. The number of nitrogens with zero attached hydrogens (tertiary/aromatic N) is 3. The maximum atomic E-state index is 13.5. The Kier molecular flexibility index (Phi) is 1.73. The van der Waals surface area contributed by atoms with Crippen molar-refractivity contribution in [2.45, 2.75) is 0 Å². The van der Waals surface area contributed by atoms with E-state index in [0.29, 0.717) is 27.8 Å². The predicted octanol–water partition coefficient (Wildman–Crippen LogP) is 1.90. The molecule has 0 saturated carbocycles. The van der Waals surface area contributed by atoms with Crippen LogP contribution in [0.2, 0.25) is 0 Å². The lowest BCUT2D eigenvalue weighted by molar-refractivity contribution is 0.637. The van der Waals surface area contributed by atoms with Gasteiger partial charge in [0, 0.05) is 5.39 Å². The Labute approximate surface area is 90.0 Å². The molecule has 78 valence electrons. The first-order valence-electron chi connectivity index (χ1n) is 4.71. The molecule has 0 aliphatic carbocycles. The van der Waals surface area contributed by atoms with Crippen molar-refractivity contribution in [3.8, 4) is 0 Å². The number of para-hydroxylation sites is 1. The van der Waals surface area contributed by atoms with Crippen molar-refractivity contribution < 1.29 is 4.39 Å². The van der Waals surface area contributed by atoms with E-state index in [1.165, 1.54) is 12.4 Å². The van der Waals surface area contributed by atoms with Gasteiger partial charge in [-0.25, -0.2) is 19.3 Å². The van der Waals surface area contributed by atoms with Crippen LogP contribution in [0.15, 0.2) is 30.6 Å². The molecule has 0 radical (unpaired) electrons. The smallest absolute Gasteiger partial charge is 0.165 e. The molecule has 3 rings (SSSR count). The molecule has 0 aliphatic rings. The third-order valence-corrected chi connectivity index (χ3v) is 2.43. The van der Waals surface area contributed by atoms with Gasteiger partial charge in [0.25, 0.3) is 0 Å². The molecule has 0 atom stereocenters. The van der Waals surface area contributed by atoms with Crippen molar-refractivity contribution in [3.05, 3.63) is 36.4 Å². The first-order valence-corrected chi connectivity index (χ1v) is 4.71. The summed E-state index contributed by atoms with van der Waals surface area (Å²) in [7, 11) is 0. The van der Waals surface area contributed by atoms with Gasteiger partial charge in [-0.2, -0.15) is 0 Å². The second-order valence-corrected chi connectivity index (χ2v) is 3.43. The number of hydrogen-bond acceptors (Lipinski definition) is 4. The first-order chi connectivity index (χ1) is 7.75. The molecule has 0 fully saturated rings. The number of nitrogens with two attached hydrogens (primary N) is 1. The number of fused-ring (bicyclic) bond motifs is 2. The molecule has 5 heteroatoms. The molecular weight excluding hydrogens is 207 g/mol. The topological polar surface area (TPSA) is 64.7 Å². The molecule has 0 spiro atoms. The van der Waals surface area contributed by atoms with Crippen LogP contribution in [0.4, 0.5) is 10.2 Å². The molecule has 0 unspecified atom stereocenters. The molecule has 0 aliphatic heterocycles. The van der Waals surface area contributed by atoms with Crippen molar-refractivity contribution in [2.24, 2.45) is 0 Å². The van der Waals surface area contributed by atoms with Crippen LogP contribution in [0, 0.1) is 5.82 Å². The van der Waals surface area contributed by atoms with Gasteiger partial charge in [-0.1, -0.05) is 12.1 Å². The van der Waals surface area contributed by atoms with Crippen molar-refractivity contribution in [3.63, 3.8) is 0 Å². The number of anilines is 1. The van der Waals surface area contributed by atoms with Crippen LogP contribution in [0.1, 0.15) is 0 Å². The fourth-order valence-electron chi connectivity index (χ4n) is 1.65. The SMILES string of the molecule is Nc1ncnc2nc3c(F)cccc3cc12. The maximum absolute atomic E-state index is 13.5. The molecule has 2 heterocycles. The Morgan fingerprint density at radius 1 is 1.19 bits per heavy atom. The summed E-state index contributed by atoms with van der Waals surface area (Å²) in [5.41, 5.74) is 6.41. The van der Waals surface area contributed by atoms with Crippen LogP contribution in [0.5, 0.6) is 0 Å². The summed E-state index contributed by atoms with van der Waals surface area (Å²) >= 11 is 0. The third kappa shape index (κ3) is 1.18. The lowest BCUT2D eigenvalue weighted by atomic mass is 10.2. The molecule has 0 saturated heterocycles. The van der Waals surface area contributed by atoms with E-state index in [-0.39, 0.29) is 5.82 Å². The van der Waals surface area contributed by atoms with E-state index in [0.717, 1.165) is 0 Å². The Morgan fingerprint density at radius 2 is 2.06 bits per heavy atom. The van der Waals surface area contributed by atoms with Crippen molar-refractivity contribution >= 4 is 27.8 Å². The van der Waals surface area contributed by atoms with Gasteiger partial charge >= 0.3 is 0 Å². The average Bonchev–Trinajstić information content (AvgIpc) is 2.29. The molecule has 3 aromatic rings. The van der Waals surface area contributed by atoms with Crippen LogP contribution in [-0.4, -0.2) is 15.0 Å². The maximum Gasteiger partial charge on any atom is 0.165 e. The van der Waals surface area contributed by atoms with Crippen LogP contribution >= 0.6 is 0 Å². The number of hydrogen-bond donors (Lipinski definition) is 1. The number of rotatable bonds is 0. The van der Waals surface area contributed by atoms with Gasteiger partial charge in [-0.15, -0.1) is 0 Å². The fraction of sp³-hybridized carbons (Fsp3) is 0. The van der Waals surface area contributed by atoms with Crippen LogP contribution in [-0.2, 0) is 0 Å². The van der Waals surface area contributed by atoms with Crippen molar-refractivity contribution in [1.29, 1.82) is 0 Å². The zero-order valence-corrected chi connectivity index (χ0v) is 8.18. The Balaban J connectivity index is 2.54. The molecule has 2 N–H and O–H groups in total. The van der Waals surface area contributed by atoms with E-state index in [1.807, 2.05) is 0 Å². The van der Waals surface area contributed by atoms with Gasteiger partial charge in [0.2, 0.25) is 0 Å². The number of pyridine rings is 1. The van der Waals surface area contributed by atoms with E-state index in [1.54, 1.807) is 18.2 Å². The summed E-state index contributed by atoms with van der Waals surface area (Å²) in [6, 6.07) is 6.52. The number of benzene rings is 1. The summed E-state index contributed by atoms with van der Waals surface area (Å²) in [5, 5.41) is 1.33. The minimum Gasteiger partial charge on any atom is -0.383 e. The van der Waals surface area contributed by atoms with E-state index in [4.69, 9.17) is 5.73 Å². The van der Waals surface area contributed by atoms with E-state index >= 15 is 0 Å². The zero-order valence-electron chi connectivity index (χ0n) is 8.18. The molecular formula is C11H7FN4. The van der Waals surface area contributed by atoms with Gasteiger partial charge in [0.15, 0.2) is 5.65 Å². The summed E-state index contributed by atoms with van der Waals surface area (Å²) < 4.78 is 13.5. The number of halogens is 1. The number of nitrogen functional groups attached to an aromatic ring is 1. The zero-order chi connectivity index (χ0) is 11.1. The predicted molar refractivity (Wildman–Crippen MR) is 59.2 cm³/mol. The van der Waals surface area contributed by atoms with Gasteiger partial charge in [0.1, 0.15) is 23.5 Å². The highest BCUT2D eigenvalue weighted by atomic mass is 19.1. The number of aromatic nitrogens is 3. The monoisotopic (exact) mass is 214 g/mol. The molecule has 0 amide bonds. The standard InChI is InChI=1S/C11H7FN4/c12-8-3-1-2-6-4-7-10(13)14-5-15-11(7)16-9(6)8/h1-5H,(H2,13,14,15,16). The van der Waals surface area contributed by atoms with E-state index in [2.05, 4.69) is 15.0 Å². The molecule has 4 nitrogen and oxygen atoms in total. The van der Waals surface area contributed by atoms with Gasteiger partial charge < -0.3 is 5.73 Å². The van der Waals surface area contributed by atoms with Crippen molar-refractivity contribution in [1.82, 2.24) is 15.0 Å². The molecule has 16 heavy (non-hydrogen) atoms. The minimum atomic E-state index is -0.364. The van der Waals surface area contributed by atoms with Crippen LogP contribution in [0.3, 0.4) is 0 Å². The third-order valence-electron chi connectivity index (χ3n) is 2.43. The second kappa shape index (κ2) is 3.10. The van der Waals surface area contributed by atoms with E-state index in [9.17, 15) is 4.39 Å².